The van der Waals surface area contributed by atoms with Crippen molar-refractivity contribution in [2.45, 2.75) is 12.8 Å². The third-order valence-corrected chi connectivity index (χ3v) is 5.20. The zero-order valence-corrected chi connectivity index (χ0v) is 16.3. The first-order valence-electron chi connectivity index (χ1n) is 9.98. The first-order chi connectivity index (χ1) is 14.2. The number of anilines is 1. The second-order valence-electron chi connectivity index (χ2n) is 7.21. The summed E-state index contributed by atoms with van der Waals surface area (Å²) in [5, 5.41) is 10.7. The number of rotatable bonds is 7. The summed E-state index contributed by atoms with van der Waals surface area (Å²) in [4.78, 5) is 23.2. The molecule has 1 fully saturated rings. The lowest BCUT2D eigenvalue weighted by Gasteiger charge is -2.21. The Hall–Kier alpha value is -3.13. The molecule has 2 aromatic carbocycles. The van der Waals surface area contributed by atoms with Crippen LogP contribution >= 0.6 is 0 Å². The molecule has 152 valence electrons. The summed E-state index contributed by atoms with van der Waals surface area (Å²) in [5.41, 5.74) is 2.16. The Morgan fingerprint density at radius 1 is 1.07 bits per heavy atom. The van der Waals surface area contributed by atoms with Gasteiger partial charge in [-0.3, -0.25) is 10.1 Å². The van der Waals surface area contributed by atoms with Gasteiger partial charge in [-0.25, -0.2) is 4.98 Å². The number of nitrogens with one attached hydrogen (secondary N) is 1. The second kappa shape index (κ2) is 8.91. The third kappa shape index (κ3) is 4.83. The molecule has 29 heavy (non-hydrogen) atoms. The molecule has 3 aromatic rings. The number of benzene rings is 2. The van der Waals surface area contributed by atoms with E-state index in [1.165, 1.54) is 12.1 Å². The number of hydrogen-bond acceptors (Lipinski definition) is 6. The molecule has 4 rings (SSSR count). The van der Waals surface area contributed by atoms with Gasteiger partial charge in [-0.2, -0.15) is 0 Å². The highest BCUT2D eigenvalue weighted by Crippen LogP contribution is 2.19. The smallest absolute Gasteiger partial charge is 0.269 e. The number of nitrogens with zero attached hydrogens (tertiary/aromatic N) is 4. The Bertz CT molecular complexity index is 923. The molecule has 1 aromatic heterocycles. The van der Waals surface area contributed by atoms with E-state index >= 15 is 0 Å². The minimum absolute atomic E-state index is 0.0796. The number of para-hydroxylation sites is 2. The van der Waals surface area contributed by atoms with Crippen LogP contribution in [0.3, 0.4) is 0 Å². The lowest BCUT2D eigenvalue weighted by Crippen LogP contribution is -2.32. The van der Waals surface area contributed by atoms with E-state index in [2.05, 4.69) is 20.9 Å². The summed E-state index contributed by atoms with van der Waals surface area (Å²) in [7, 11) is 0. The van der Waals surface area contributed by atoms with Crippen LogP contribution in [-0.2, 0) is 0 Å². The lowest BCUT2D eigenvalue weighted by molar-refractivity contribution is -0.384. The first-order valence-corrected chi connectivity index (χ1v) is 9.98. The maximum atomic E-state index is 10.7. The van der Waals surface area contributed by atoms with Crippen molar-refractivity contribution >= 4 is 22.7 Å². The minimum Gasteiger partial charge on any atom is -0.494 e. The SMILES string of the molecule is O=[N+]([O-])c1ccc(OCCCN2CCCN(c3nc4ccccc4[nH]3)CC2)cc1. The Balaban J connectivity index is 1.22. The average Bonchev–Trinajstić information content (AvgIpc) is 3.03. The van der Waals surface area contributed by atoms with Crippen LogP contribution in [0.5, 0.6) is 5.75 Å². The molecule has 8 nitrogen and oxygen atoms in total. The Morgan fingerprint density at radius 3 is 2.69 bits per heavy atom. The van der Waals surface area contributed by atoms with Crippen LogP contribution in [0.2, 0.25) is 0 Å². The minimum atomic E-state index is -0.405. The Labute approximate surface area is 169 Å². The van der Waals surface area contributed by atoms with Crippen molar-refractivity contribution in [3.8, 4) is 5.75 Å². The summed E-state index contributed by atoms with van der Waals surface area (Å²) in [6.07, 6.45) is 2.02. The van der Waals surface area contributed by atoms with Crippen molar-refractivity contribution in [2.24, 2.45) is 0 Å². The summed E-state index contributed by atoms with van der Waals surface area (Å²) in [6.45, 7) is 5.57. The molecule has 0 amide bonds. The van der Waals surface area contributed by atoms with Crippen LogP contribution in [0.15, 0.2) is 48.5 Å². The van der Waals surface area contributed by atoms with Crippen molar-refractivity contribution in [2.75, 3.05) is 44.2 Å². The van der Waals surface area contributed by atoms with E-state index in [9.17, 15) is 10.1 Å². The number of ether oxygens (including phenoxy) is 1. The fourth-order valence-corrected chi connectivity index (χ4v) is 3.64. The molecule has 1 saturated heterocycles. The molecule has 0 radical (unpaired) electrons. The van der Waals surface area contributed by atoms with Crippen molar-refractivity contribution in [1.82, 2.24) is 14.9 Å². The van der Waals surface area contributed by atoms with Gasteiger partial charge < -0.3 is 19.5 Å². The van der Waals surface area contributed by atoms with Gasteiger partial charge in [0.15, 0.2) is 0 Å². The molecular weight excluding hydrogens is 370 g/mol. The van der Waals surface area contributed by atoms with Crippen LogP contribution in [0.1, 0.15) is 12.8 Å². The maximum absolute atomic E-state index is 10.7. The molecule has 2 heterocycles. The van der Waals surface area contributed by atoms with Gasteiger partial charge >= 0.3 is 0 Å². The van der Waals surface area contributed by atoms with Crippen LogP contribution < -0.4 is 9.64 Å². The first kappa shape index (κ1) is 19.2. The van der Waals surface area contributed by atoms with Crippen molar-refractivity contribution < 1.29 is 9.66 Å². The number of aromatic nitrogens is 2. The van der Waals surface area contributed by atoms with Crippen molar-refractivity contribution in [3.63, 3.8) is 0 Å². The van der Waals surface area contributed by atoms with E-state index in [0.717, 1.165) is 62.5 Å². The largest absolute Gasteiger partial charge is 0.494 e. The molecule has 0 unspecified atom stereocenters. The zero-order chi connectivity index (χ0) is 20.1. The summed E-state index contributed by atoms with van der Waals surface area (Å²) >= 11 is 0. The van der Waals surface area contributed by atoms with Crippen LogP contribution in [0.4, 0.5) is 11.6 Å². The quantitative estimate of drug-likeness (QED) is 0.375. The molecule has 0 bridgehead atoms. The molecule has 0 atom stereocenters. The highest BCUT2D eigenvalue weighted by atomic mass is 16.6. The predicted molar refractivity (Wildman–Crippen MR) is 113 cm³/mol. The van der Waals surface area contributed by atoms with Crippen molar-refractivity contribution in [3.05, 3.63) is 58.6 Å². The molecule has 8 heteroatoms. The molecule has 1 aliphatic rings. The highest BCUT2D eigenvalue weighted by molar-refractivity contribution is 5.77. The summed E-state index contributed by atoms with van der Waals surface area (Å²) < 4.78 is 5.71. The maximum Gasteiger partial charge on any atom is 0.269 e. The van der Waals surface area contributed by atoms with Crippen LogP contribution in [0.25, 0.3) is 11.0 Å². The number of aromatic amines is 1. The molecule has 0 aliphatic carbocycles. The number of fused-ring (bicyclic) bond motifs is 1. The number of non-ortho nitro benzene ring substituents is 1. The molecular formula is C21H25N5O3. The number of H-pyrrole nitrogens is 1. The van der Waals surface area contributed by atoms with Gasteiger partial charge in [-0.05, 0) is 43.7 Å². The Kier molecular flexibility index (Phi) is 5.90. The fourth-order valence-electron chi connectivity index (χ4n) is 3.64. The van der Waals surface area contributed by atoms with Gasteiger partial charge in [-0.15, -0.1) is 0 Å². The van der Waals surface area contributed by atoms with Crippen molar-refractivity contribution in [1.29, 1.82) is 0 Å². The highest BCUT2D eigenvalue weighted by Gasteiger charge is 2.17. The normalized spacial score (nSPS) is 15.4. The van der Waals surface area contributed by atoms with Gasteiger partial charge in [0.2, 0.25) is 5.95 Å². The topological polar surface area (TPSA) is 87.5 Å². The molecule has 1 aliphatic heterocycles. The van der Waals surface area contributed by atoms with Gasteiger partial charge in [0.1, 0.15) is 5.75 Å². The van der Waals surface area contributed by atoms with E-state index < -0.39 is 4.92 Å². The van der Waals surface area contributed by atoms with E-state index in [0.29, 0.717) is 12.4 Å². The number of nitro groups is 1. The summed E-state index contributed by atoms with van der Waals surface area (Å²) in [5.74, 6) is 1.62. The number of imidazole rings is 1. The molecule has 1 N–H and O–H groups in total. The van der Waals surface area contributed by atoms with Crippen LogP contribution in [0, 0.1) is 10.1 Å². The average molecular weight is 395 g/mol. The van der Waals surface area contributed by atoms with E-state index in [1.54, 1.807) is 12.1 Å². The summed E-state index contributed by atoms with van der Waals surface area (Å²) in [6, 6.07) is 14.4. The Morgan fingerprint density at radius 2 is 1.90 bits per heavy atom. The van der Waals surface area contributed by atoms with Gasteiger partial charge in [0, 0.05) is 38.3 Å². The van der Waals surface area contributed by atoms with E-state index in [1.807, 2.05) is 18.2 Å². The molecule has 0 spiro atoms. The predicted octanol–water partition coefficient (Wildman–Crippen LogP) is 3.45. The fraction of sp³-hybridized carbons (Fsp3) is 0.381. The number of hydrogen-bond donors (Lipinski definition) is 1. The van der Waals surface area contributed by atoms with Gasteiger partial charge in [0.05, 0.1) is 22.6 Å². The monoisotopic (exact) mass is 395 g/mol. The standard InChI is InChI=1S/C21H25N5O3/c27-26(28)17-7-9-18(10-8-17)29-16-4-12-24-11-3-13-25(15-14-24)21-22-19-5-1-2-6-20(19)23-21/h1-2,5-10H,3-4,11-16H2,(H,22,23). The molecule has 0 saturated carbocycles. The lowest BCUT2D eigenvalue weighted by atomic mass is 10.3. The van der Waals surface area contributed by atoms with Gasteiger partial charge in [-0.1, -0.05) is 12.1 Å². The second-order valence-corrected chi connectivity index (χ2v) is 7.21. The zero-order valence-electron chi connectivity index (χ0n) is 16.3. The van der Waals surface area contributed by atoms with E-state index in [4.69, 9.17) is 9.72 Å². The van der Waals surface area contributed by atoms with E-state index in [-0.39, 0.29) is 5.69 Å². The van der Waals surface area contributed by atoms with Gasteiger partial charge in [0.25, 0.3) is 5.69 Å². The third-order valence-electron chi connectivity index (χ3n) is 5.20. The van der Waals surface area contributed by atoms with Crippen LogP contribution in [-0.4, -0.2) is 59.1 Å². The number of nitro benzene ring substituents is 1.